The summed E-state index contributed by atoms with van der Waals surface area (Å²) in [6, 6.07) is 10.7. The SMILES string of the molecule is CCNC(Cc1nn(C)c2ccccc12)c1ccnn1C. The van der Waals surface area contributed by atoms with Crippen LogP contribution in [-0.2, 0) is 20.5 Å². The summed E-state index contributed by atoms with van der Waals surface area (Å²) in [6.45, 7) is 3.04. The molecule has 0 spiro atoms. The molecule has 1 N–H and O–H groups in total. The van der Waals surface area contributed by atoms with Crippen LogP contribution in [0.4, 0.5) is 0 Å². The summed E-state index contributed by atoms with van der Waals surface area (Å²) in [6.07, 6.45) is 2.70. The average molecular weight is 283 g/mol. The highest BCUT2D eigenvalue weighted by molar-refractivity contribution is 5.81. The normalized spacial score (nSPS) is 12.9. The summed E-state index contributed by atoms with van der Waals surface area (Å²) < 4.78 is 3.88. The molecule has 21 heavy (non-hydrogen) atoms. The first-order valence-electron chi connectivity index (χ1n) is 7.32. The van der Waals surface area contributed by atoms with Crippen LogP contribution in [0.3, 0.4) is 0 Å². The number of fused-ring (bicyclic) bond motifs is 1. The maximum atomic E-state index is 4.70. The number of hydrogen-bond acceptors (Lipinski definition) is 3. The topological polar surface area (TPSA) is 47.7 Å². The Balaban J connectivity index is 1.97. The van der Waals surface area contributed by atoms with E-state index in [2.05, 4.69) is 47.7 Å². The van der Waals surface area contributed by atoms with Gasteiger partial charge in [-0.15, -0.1) is 0 Å². The predicted octanol–water partition coefficient (Wildman–Crippen LogP) is 2.20. The third-order valence-electron chi connectivity index (χ3n) is 3.90. The summed E-state index contributed by atoms with van der Waals surface area (Å²) in [4.78, 5) is 0. The maximum Gasteiger partial charge on any atom is 0.0722 e. The van der Waals surface area contributed by atoms with E-state index in [0.29, 0.717) is 0 Å². The minimum Gasteiger partial charge on any atom is -0.309 e. The molecule has 1 unspecified atom stereocenters. The molecular formula is C16H21N5. The van der Waals surface area contributed by atoms with Gasteiger partial charge in [0, 0.05) is 32.1 Å². The van der Waals surface area contributed by atoms with Gasteiger partial charge in [-0.2, -0.15) is 10.2 Å². The summed E-state index contributed by atoms with van der Waals surface area (Å²) in [5.41, 5.74) is 3.49. The zero-order chi connectivity index (χ0) is 14.8. The molecule has 5 nitrogen and oxygen atoms in total. The van der Waals surface area contributed by atoms with Crippen LogP contribution in [0.15, 0.2) is 36.5 Å². The molecule has 5 heteroatoms. The fourth-order valence-corrected chi connectivity index (χ4v) is 2.89. The maximum absolute atomic E-state index is 4.70. The molecule has 0 aliphatic heterocycles. The smallest absolute Gasteiger partial charge is 0.0722 e. The highest BCUT2D eigenvalue weighted by Crippen LogP contribution is 2.23. The van der Waals surface area contributed by atoms with Gasteiger partial charge in [-0.05, 0) is 18.7 Å². The Morgan fingerprint density at radius 2 is 1.95 bits per heavy atom. The molecule has 1 aromatic carbocycles. The number of hydrogen-bond donors (Lipinski definition) is 1. The van der Waals surface area contributed by atoms with Crippen molar-refractivity contribution in [3.8, 4) is 0 Å². The van der Waals surface area contributed by atoms with Gasteiger partial charge in [0.1, 0.15) is 0 Å². The standard InChI is InChI=1S/C16H21N5/c1-4-17-14(16-9-10-18-20(16)2)11-13-12-7-5-6-8-15(12)21(3)19-13/h5-10,14,17H,4,11H2,1-3H3. The molecule has 0 saturated carbocycles. The van der Waals surface area contributed by atoms with Gasteiger partial charge >= 0.3 is 0 Å². The van der Waals surface area contributed by atoms with Crippen molar-refractivity contribution in [3.63, 3.8) is 0 Å². The molecule has 0 radical (unpaired) electrons. The Morgan fingerprint density at radius 3 is 2.67 bits per heavy atom. The van der Waals surface area contributed by atoms with Crippen LogP contribution >= 0.6 is 0 Å². The molecule has 0 amide bonds. The van der Waals surface area contributed by atoms with Crippen molar-refractivity contribution in [2.45, 2.75) is 19.4 Å². The highest BCUT2D eigenvalue weighted by atomic mass is 15.3. The van der Waals surface area contributed by atoms with E-state index in [9.17, 15) is 0 Å². The Hall–Kier alpha value is -2.14. The number of rotatable bonds is 5. The van der Waals surface area contributed by atoms with Gasteiger partial charge in [0.25, 0.3) is 0 Å². The Bertz CT molecular complexity index is 740. The molecule has 1 atom stereocenters. The second-order valence-electron chi connectivity index (χ2n) is 5.28. The van der Waals surface area contributed by atoms with E-state index in [1.54, 1.807) is 0 Å². The van der Waals surface area contributed by atoms with Gasteiger partial charge in [0.15, 0.2) is 0 Å². The summed E-state index contributed by atoms with van der Waals surface area (Å²) in [7, 11) is 3.98. The quantitative estimate of drug-likeness (QED) is 0.781. The molecule has 0 fully saturated rings. The van der Waals surface area contributed by atoms with Gasteiger partial charge in [-0.25, -0.2) is 0 Å². The van der Waals surface area contributed by atoms with Gasteiger partial charge < -0.3 is 5.32 Å². The molecule has 3 rings (SSSR count). The molecule has 2 aromatic heterocycles. The number of benzene rings is 1. The van der Waals surface area contributed by atoms with Crippen molar-refractivity contribution >= 4 is 10.9 Å². The first kappa shape index (κ1) is 13.8. The number of para-hydroxylation sites is 1. The monoisotopic (exact) mass is 283 g/mol. The van der Waals surface area contributed by atoms with Crippen molar-refractivity contribution in [3.05, 3.63) is 47.9 Å². The van der Waals surface area contributed by atoms with Crippen LogP contribution in [-0.4, -0.2) is 26.1 Å². The van der Waals surface area contributed by atoms with Gasteiger partial charge in [-0.3, -0.25) is 9.36 Å². The molecule has 3 aromatic rings. The van der Waals surface area contributed by atoms with E-state index < -0.39 is 0 Å². The van der Waals surface area contributed by atoms with Crippen molar-refractivity contribution in [1.29, 1.82) is 0 Å². The lowest BCUT2D eigenvalue weighted by Crippen LogP contribution is -2.25. The van der Waals surface area contributed by atoms with Gasteiger partial charge in [0.2, 0.25) is 0 Å². The molecule has 0 bridgehead atoms. The minimum atomic E-state index is 0.223. The highest BCUT2D eigenvalue weighted by Gasteiger charge is 2.18. The van der Waals surface area contributed by atoms with E-state index in [1.807, 2.05) is 29.7 Å². The summed E-state index contributed by atoms with van der Waals surface area (Å²) in [5, 5.41) is 13.7. The zero-order valence-corrected chi connectivity index (χ0v) is 12.7. The molecule has 0 aliphatic rings. The van der Waals surface area contributed by atoms with Crippen LogP contribution in [0.1, 0.15) is 24.4 Å². The lowest BCUT2D eigenvalue weighted by atomic mass is 10.0. The largest absolute Gasteiger partial charge is 0.309 e. The van der Waals surface area contributed by atoms with E-state index in [1.165, 1.54) is 16.6 Å². The number of aromatic nitrogens is 4. The molecule has 2 heterocycles. The molecule has 0 saturated heterocycles. The van der Waals surface area contributed by atoms with Gasteiger partial charge in [-0.1, -0.05) is 25.1 Å². The van der Waals surface area contributed by atoms with E-state index in [-0.39, 0.29) is 6.04 Å². The summed E-state index contributed by atoms with van der Waals surface area (Å²) >= 11 is 0. The number of aryl methyl sites for hydroxylation is 2. The summed E-state index contributed by atoms with van der Waals surface area (Å²) in [5.74, 6) is 0. The second kappa shape index (κ2) is 5.69. The van der Waals surface area contributed by atoms with Crippen LogP contribution in [0.5, 0.6) is 0 Å². The minimum absolute atomic E-state index is 0.223. The van der Waals surface area contributed by atoms with Gasteiger partial charge in [0.05, 0.1) is 22.9 Å². The Labute approximate surface area is 124 Å². The third kappa shape index (κ3) is 2.56. The van der Waals surface area contributed by atoms with E-state index in [0.717, 1.165) is 18.7 Å². The van der Waals surface area contributed by atoms with E-state index >= 15 is 0 Å². The third-order valence-corrected chi connectivity index (χ3v) is 3.90. The Kier molecular flexibility index (Phi) is 3.75. The Morgan fingerprint density at radius 1 is 1.14 bits per heavy atom. The number of nitrogens with zero attached hydrogens (tertiary/aromatic N) is 4. The fraction of sp³-hybridized carbons (Fsp3) is 0.375. The fourth-order valence-electron chi connectivity index (χ4n) is 2.89. The van der Waals surface area contributed by atoms with Crippen LogP contribution in [0, 0.1) is 0 Å². The molecule has 110 valence electrons. The average Bonchev–Trinajstić information content (AvgIpc) is 3.04. The van der Waals surface area contributed by atoms with E-state index in [4.69, 9.17) is 5.10 Å². The zero-order valence-electron chi connectivity index (χ0n) is 12.7. The second-order valence-corrected chi connectivity index (χ2v) is 5.28. The predicted molar refractivity (Wildman–Crippen MR) is 84.0 cm³/mol. The lowest BCUT2D eigenvalue weighted by Gasteiger charge is -2.17. The number of nitrogens with one attached hydrogen (secondary N) is 1. The first-order chi connectivity index (χ1) is 10.2. The van der Waals surface area contributed by atoms with Crippen molar-refractivity contribution in [2.24, 2.45) is 14.1 Å². The lowest BCUT2D eigenvalue weighted by molar-refractivity contribution is 0.502. The van der Waals surface area contributed by atoms with Crippen LogP contribution in [0.2, 0.25) is 0 Å². The van der Waals surface area contributed by atoms with Crippen molar-refractivity contribution in [2.75, 3.05) is 6.54 Å². The number of likely N-dealkylation sites (N-methyl/N-ethyl adjacent to an activating group) is 1. The first-order valence-corrected chi connectivity index (χ1v) is 7.32. The van der Waals surface area contributed by atoms with Crippen LogP contribution in [0.25, 0.3) is 10.9 Å². The van der Waals surface area contributed by atoms with Crippen LogP contribution < -0.4 is 5.32 Å². The molecule has 0 aliphatic carbocycles. The van der Waals surface area contributed by atoms with Crippen molar-refractivity contribution in [1.82, 2.24) is 24.9 Å². The van der Waals surface area contributed by atoms with Crippen molar-refractivity contribution < 1.29 is 0 Å². The molecular weight excluding hydrogens is 262 g/mol.